The number of carbonyl (C=O) groups excluding carboxylic acids is 2. The molecule has 5 heterocycles. The fourth-order valence-corrected chi connectivity index (χ4v) is 5.28. The van der Waals surface area contributed by atoms with Crippen molar-refractivity contribution in [1.29, 1.82) is 0 Å². The smallest absolute Gasteiger partial charge is 0.273 e. The first-order chi connectivity index (χ1) is 17.2. The summed E-state index contributed by atoms with van der Waals surface area (Å²) in [6.45, 7) is 1.91. The predicted octanol–water partition coefficient (Wildman–Crippen LogP) is 3.52. The highest BCUT2D eigenvalue weighted by atomic mass is 32.1. The lowest BCUT2D eigenvalue weighted by atomic mass is 10.2. The number of aromatic nitrogens is 5. The molecule has 188 valence electrons. The summed E-state index contributed by atoms with van der Waals surface area (Å²) in [4.78, 5) is 40.3. The zero-order valence-corrected chi connectivity index (χ0v) is 20.5. The van der Waals surface area contributed by atoms with Crippen molar-refractivity contribution in [3.8, 4) is 0 Å². The number of alkyl halides is 2. The van der Waals surface area contributed by atoms with Crippen molar-refractivity contribution in [1.82, 2.24) is 34.3 Å². The number of pyridine rings is 1. The van der Waals surface area contributed by atoms with Gasteiger partial charge in [-0.3, -0.25) is 9.59 Å². The lowest BCUT2D eigenvalue weighted by Crippen LogP contribution is -2.31. The minimum Gasteiger partial charge on any atom is -0.348 e. The van der Waals surface area contributed by atoms with Gasteiger partial charge in [-0.1, -0.05) is 0 Å². The molecule has 1 saturated carbocycles. The van der Waals surface area contributed by atoms with Gasteiger partial charge in [0.1, 0.15) is 22.6 Å². The van der Waals surface area contributed by atoms with Crippen molar-refractivity contribution < 1.29 is 18.4 Å². The third kappa shape index (κ3) is 3.87. The molecule has 4 aromatic rings. The monoisotopic (exact) mass is 514 g/mol. The Morgan fingerprint density at radius 1 is 1.28 bits per heavy atom. The summed E-state index contributed by atoms with van der Waals surface area (Å²) in [5.41, 5.74) is 2.67. The number of fused-ring (bicyclic) bond motifs is 3. The number of aryl methyl sites for hydroxylation is 2. The van der Waals surface area contributed by atoms with E-state index in [2.05, 4.69) is 20.6 Å². The van der Waals surface area contributed by atoms with Crippen molar-refractivity contribution in [3.63, 3.8) is 0 Å². The Hall–Kier alpha value is -3.61. The summed E-state index contributed by atoms with van der Waals surface area (Å²) < 4.78 is 30.8. The third-order valence-corrected chi connectivity index (χ3v) is 7.33. The highest BCUT2D eigenvalue weighted by Gasteiger charge is 2.41. The van der Waals surface area contributed by atoms with Crippen LogP contribution in [0.3, 0.4) is 0 Å². The normalized spacial score (nSPS) is 17.3. The number of halogens is 2. The van der Waals surface area contributed by atoms with E-state index >= 15 is 0 Å². The van der Waals surface area contributed by atoms with Gasteiger partial charge in [-0.05, 0) is 25.8 Å². The van der Waals surface area contributed by atoms with E-state index in [1.54, 1.807) is 11.7 Å². The Morgan fingerprint density at radius 3 is 2.78 bits per heavy atom. The molecule has 6 rings (SSSR count). The Morgan fingerprint density at radius 2 is 2.08 bits per heavy atom. The van der Waals surface area contributed by atoms with E-state index in [1.807, 2.05) is 29.2 Å². The van der Waals surface area contributed by atoms with Gasteiger partial charge in [-0.25, -0.2) is 23.7 Å². The van der Waals surface area contributed by atoms with E-state index in [1.165, 1.54) is 11.3 Å². The van der Waals surface area contributed by atoms with Crippen LogP contribution in [0.2, 0.25) is 0 Å². The fourth-order valence-electron chi connectivity index (χ4n) is 4.60. The van der Waals surface area contributed by atoms with Crippen molar-refractivity contribution in [3.05, 3.63) is 29.2 Å². The minimum absolute atomic E-state index is 0.00354. The average Bonchev–Trinajstić information content (AvgIpc) is 3.19. The van der Waals surface area contributed by atoms with Gasteiger partial charge in [0.15, 0.2) is 10.9 Å². The fraction of sp³-hybridized carbons (Fsp3) is 0.435. The molecule has 2 aliphatic rings. The average molecular weight is 515 g/mol. The van der Waals surface area contributed by atoms with Crippen molar-refractivity contribution in [2.75, 3.05) is 18.4 Å². The second kappa shape index (κ2) is 8.22. The van der Waals surface area contributed by atoms with Crippen LogP contribution in [0.1, 0.15) is 47.2 Å². The highest BCUT2D eigenvalue weighted by molar-refractivity contribution is 7.14. The summed E-state index contributed by atoms with van der Waals surface area (Å²) in [5, 5.41) is 8.94. The number of thiazole rings is 1. The molecule has 4 aromatic heterocycles. The highest BCUT2D eigenvalue weighted by Crippen LogP contribution is 2.34. The summed E-state index contributed by atoms with van der Waals surface area (Å²) in [5.74, 6) is -3.08. The molecule has 36 heavy (non-hydrogen) atoms. The maximum absolute atomic E-state index is 13.6. The topological polar surface area (TPSA) is 110 Å². The van der Waals surface area contributed by atoms with Gasteiger partial charge in [0, 0.05) is 43.4 Å². The predicted molar refractivity (Wildman–Crippen MR) is 131 cm³/mol. The van der Waals surface area contributed by atoms with Gasteiger partial charge < -0.3 is 24.7 Å². The molecule has 0 spiro atoms. The Balaban J connectivity index is 1.36. The second-order valence-corrected chi connectivity index (χ2v) is 10.1. The van der Waals surface area contributed by atoms with Crippen LogP contribution in [0.5, 0.6) is 0 Å². The molecule has 0 unspecified atom stereocenters. The van der Waals surface area contributed by atoms with E-state index in [9.17, 15) is 18.4 Å². The molecule has 0 atom stereocenters. The quantitative estimate of drug-likeness (QED) is 0.408. The molecule has 0 aromatic carbocycles. The van der Waals surface area contributed by atoms with Gasteiger partial charge in [0.05, 0.1) is 18.4 Å². The largest absolute Gasteiger partial charge is 0.348 e. The Bertz CT molecular complexity index is 1520. The number of anilines is 2. The third-order valence-electron chi connectivity index (χ3n) is 6.57. The molecule has 0 radical (unpaired) electrons. The van der Waals surface area contributed by atoms with E-state index in [0.29, 0.717) is 34.4 Å². The Kier molecular flexibility index (Phi) is 5.21. The van der Waals surface area contributed by atoms with Crippen molar-refractivity contribution in [2.24, 2.45) is 7.05 Å². The maximum Gasteiger partial charge on any atom is 0.273 e. The van der Waals surface area contributed by atoms with Gasteiger partial charge in [0.25, 0.3) is 17.7 Å². The van der Waals surface area contributed by atoms with Crippen LogP contribution in [0.15, 0.2) is 17.8 Å². The van der Waals surface area contributed by atoms with Gasteiger partial charge in [-0.2, -0.15) is 0 Å². The first-order valence-corrected chi connectivity index (χ1v) is 12.7. The lowest BCUT2D eigenvalue weighted by molar-refractivity contribution is 0.0119. The van der Waals surface area contributed by atoms with E-state index < -0.39 is 18.4 Å². The molecule has 1 aliphatic carbocycles. The SMILES string of the molecule is CCn1c(C(=O)NC2CC2)cc2c3c(ncn3C)c(Nc3nc(C(=O)N4CCC(F)(F)C4)cs3)nc21. The number of imidazole rings is 1. The zero-order valence-electron chi connectivity index (χ0n) is 19.7. The molecule has 1 aliphatic heterocycles. The van der Waals surface area contributed by atoms with Crippen LogP contribution in [0.25, 0.3) is 22.1 Å². The van der Waals surface area contributed by atoms with Crippen molar-refractivity contribution in [2.45, 2.75) is 44.7 Å². The Labute approximate surface area is 208 Å². The van der Waals surface area contributed by atoms with Crippen LogP contribution in [0, 0.1) is 0 Å². The van der Waals surface area contributed by atoms with Gasteiger partial charge in [0.2, 0.25) is 0 Å². The number of nitrogens with zero attached hydrogens (tertiary/aromatic N) is 6. The van der Waals surface area contributed by atoms with E-state index in [-0.39, 0.29) is 30.6 Å². The minimum atomic E-state index is -2.86. The van der Waals surface area contributed by atoms with Crippen LogP contribution in [0.4, 0.5) is 19.7 Å². The number of hydrogen-bond acceptors (Lipinski definition) is 7. The zero-order chi connectivity index (χ0) is 25.2. The standard InChI is InChI=1S/C23H24F2N8O2S/c1-3-33-15(20(34)27-12-4-5-12)8-13-17-16(26-11-31(17)2)18(29-19(13)33)30-22-28-14(9-36-22)21(35)32-7-6-23(24,25)10-32/h8-9,11-12H,3-7,10H2,1-2H3,(H,27,34)(H,28,29,30). The summed E-state index contributed by atoms with van der Waals surface area (Å²) >= 11 is 1.18. The molecule has 2 fully saturated rings. The molecule has 2 N–H and O–H groups in total. The van der Waals surface area contributed by atoms with Crippen LogP contribution < -0.4 is 10.6 Å². The van der Waals surface area contributed by atoms with Crippen molar-refractivity contribution >= 4 is 56.2 Å². The second-order valence-electron chi connectivity index (χ2n) is 9.27. The molecule has 0 bridgehead atoms. The van der Waals surface area contributed by atoms with Crippen LogP contribution in [-0.4, -0.2) is 65.9 Å². The molecular formula is C23H24F2N8O2S. The molecule has 10 nitrogen and oxygen atoms in total. The summed E-state index contributed by atoms with van der Waals surface area (Å²) in [6.07, 6.45) is 3.33. The van der Waals surface area contributed by atoms with E-state index in [0.717, 1.165) is 28.6 Å². The van der Waals surface area contributed by atoms with Gasteiger partial charge in [-0.15, -0.1) is 11.3 Å². The lowest BCUT2D eigenvalue weighted by Gasteiger charge is -2.14. The van der Waals surface area contributed by atoms with E-state index in [4.69, 9.17) is 4.98 Å². The summed E-state index contributed by atoms with van der Waals surface area (Å²) in [6, 6.07) is 2.08. The van der Waals surface area contributed by atoms with Crippen LogP contribution in [-0.2, 0) is 13.6 Å². The number of carbonyl (C=O) groups is 2. The number of hydrogen-bond donors (Lipinski definition) is 2. The number of rotatable bonds is 6. The first-order valence-electron chi connectivity index (χ1n) is 11.8. The number of nitrogens with one attached hydrogen (secondary N) is 2. The van der Waals surface area contributed by atoms with Crippen LogP contribution >= 0.6 is 11.3 Å². The number of likely N-dealkylation sites (tertiary alicyclic amines) is 1. The first kappa shape index (κ1) is 22.8. The number of amides is 2. The van der Waals surface area contributed by atoms with Gasteiger partial charge >= 0.3 is 0 Å². The maximum atomic E-state index is 13.6. The molecule has 13 heteroatoms. The summed E-state index contributed by atoms with van der Waals surface area (Å²) in [7, 11) is 1.87. The molecular weight excluding hydrogens is 490 g/mol. The molecule has 1 saturated heterocycles. The molecule has 2 amide bonds.